The van der Waals surface area contributed by atoms with Crippen LogP contribution in [0.15, 0.2) is 42.5 Å². The minimum Gasteiger partial charge on any atom is -0.497 e. The van der Waals surface area contributed by atoms with Gasteiger partial charge in [0.25, 0.3) is 5.91 Å². The van der Waals surface area contributed by atoms with Gasteiger partial charge in [0.2, 0.25) is 0 Å². The highest BCUT2D eigenvalue weighted by molar-refractivity contribution is 6.42. The Bertz CT molecular complexity index is 682. The molecule has 1 amide bonds. The van der Waals surface area contributed by atoms with Crippen LogP contribution in [-0.2, 0) is 5.54 Å². The Labute approximate surface area is 140 Å². The lowest BCUT2D eigenvalue weighted by Gasteiger charge is -2.27. The Balaban J connectivity index is 2.19. The molecule has 0 fully saturated rings. The summed E-state index contributed by atoms with van der Waals surface area (Å²) < 4.78 is 5.14. The topological polar surface area (TPSA) is 38.3 Å². The fraction of sp³-hybridized carbons (Fsp3) is 0.235. The van der Waals surface area contributed by atoms with E-state index in [0.29, 0.717) is 15.6 Å². The van der Waals surface area contributed by atoms with Gasteiger partial charge in [0.15, 0.2) is 0 Å². The van der Waals surface area contributed by atoms with Crippen LogP contribution in [0, 0.1) is 0 Å². The first-order valence-electron chi connectivity index (χ1n) is 6.75. The fourth-order valence-corrected chi connectivity index (χ4v) is 2.37. The Morgan fingerprint density at radius 1 is 1.05 bits per heavy atom. The molecule has 0 aliphatic heterocycles. The lowest BCUT2D eigenvalue weighted by Crippen LogP contribution is -2.40. The van der Waals surface area contributed by atoms with Gasteiger partial charge in [-0.15, -0.1) is 0 Å². The molecule has 3 nitrogen and oxygen atoms in total. The van der Waals surface area contributed by atoms with E-state index in [9.17, 15) is 4.79 Å². The van der Waals surface area contributed by atoms with Gasteiger partial charge < -0.3 is 10.1 Å². The Morgan fingerprint density at radius 3 is 2.23 bits per heavy atom. The zero-order chi connectivity index (χ0) is 16.3. The van der Waals surface area contributed by atoms with Crippen molar-refractivity contribution >= 4 is 29.1 Å². The van der Waals surface area contributed by atoms with E-state index in [1.807, 2.05) is 38.1 Å². The van der Waals surface area contributed by atoms with Crippen molar-refractivity contribution in [1.29, 1.82) is 0 Å². The lowest BCUT2D eigenvalue weighted by molar-refractivity contribution is 0.0912. The maximum absolute atomic E-state index is 12.4. The van der Waals surface area contributed by atoms with Gasteiger partial charge in [-0.3, -0.25) is 4.79 Å². The molecular weight excluding hydrogens is 321 g/mol. The summed E-state index contributed by atoms with van der Waals surface area (Å²) in [6.45, 7) is 3.87. The molecule has 0 atom stereocenters. The molecule has 0 aromatic heterocycles. The third kappa shape index (κ3) is 3.73. The summed E-state index contributed by atoms with van der Waals surface area (Å²) in [6.07, 6.45) is 0. The molecule has 0 unspecified atom stereocenters. The first kappa shape index (κ1) is 16.7. The predicted molar refractivity (Wildman–Crippen MR) is 89.9 cm³/mol. The van der Waals surface area contributed by atoms with Gasteiger partial charge in [0, 0.05) is 5.56 Å². The van der Waals surface area contributed by atoms with Crippen molar-refractivity contribution in [3.05, 3.63) is 63.6 Å². The number of halogens is 2. The highest BCUT2D eigenvalue weighted by atomic mass is 35.5. The predicted octanol–water partition coefficient (Wildman–Crippen LogP) is 4.67. The van der Waals surface area contributed by atoms with Crippen molar-refractivity contribution in [2.24, 2.45) is 0 Å². The van der Waals surface area contributed by atoms with Gasteiger partial charge in [-0.25, -0.2) is 0 Å². The van der Waals surface area contributed by atoms with Crippen LogP contribution in [0.3, 0.4) is 0 Å². The lowest BCUT2D eigenvalue weighted by atomic mass is 9.93. The number of carbonyl (C=O) groups excluding carboxylic acids is 1. The first-order chi connectivity index (χ1) is 10.3. The number of ether oxygens (including phenoxy) is 1. The van der Waals surface area contributed by atoms with Gasteiger partial charge >= 0.3 is 0 Å². The van der Waals surface area contributed by atoms with Crippen molar-refractivity contribution < 1.29 is 9.53 Å². The van der Waals surface area contributed by atoms with Gasteiger partial charge in [0.1, 0.15) is 5.75 Å². The zero-order valence-corrected chi connectivity index (χ0v) is 14.1. The van der Waals surface area contributed by atoms with Gasteiger partial charge in [-0.2, -0.15) is 0 Å². The monoisotopic (exact) mass is 337 g/mol. The van der Waals surface area contributed by atoms with E-state index in [0.717, 1.165) is 11.3 Å². The third-order valence-corrected chi connectivity index (χ3v) is 4.16. The van der Waals surface area contributed by atoms with E-state index in [-0.39, 0.29) is 5.91 Å². The number of hydrogen-bond acceptors (Lipinski definition) is 2. The van der Waals surface area contributed by atoms with Crippen molar-refractivity contribution in [3.63, 3.8) is 0 Å². The maximum atomic E-state index is 12.4. The summed E-state index contributed by atoms with van der Waals surface area (Å²) in [7, 11) is 1.62. The van der Waals surface area contributed by atoms with Gasteiger partial charge in [-0.1, -0.05) is 35.3 Å². The molecule has 2 aromatic carbocycles. The number of nitrogens with one attached hydrogen (secondary N) is 1. The average molecular weight is 338 g/mol. The molecule has 116 valence electrons. The highest BCUT2D eigenvalue weighted by Crippen LogP contribution is 2.25. The summed E-state index contributed by atoms with van der Waals surface area (Å²) in [5.41, 5.74) is 0.910. The van der Waals surface area contributed by atoms with E-state index in [1.54, 1.807) is 25.3 Å². The van der Waals surface area contributed by atoms with Crippen LogP contribution in [0.1, 0.15) is 29.8 Å². The summed E-state index contributed by atoms with van der Waals surface area (Å²) in [5, 5.41) is 3.77. The van der Waals surface area contributed by atoms with Crippen LogP contribution in [0.25, 0.3) is 0 Å². The number of amides is 1. The number of rotatable bonds is 4. The standard InChI is InChI=1S/C17H17Cl2NO2/c1-17(2,12-5-7-13(22-3)8-6-12)20-16(21)11-4-9-14(18)15(19)10-11/h4-10H,1-3H3,(H,20,21). The van der Waals surface area contributed by atoms with Crippen LogP contribution in [-0.4, -0.2) is 13.0 Å². The molecule has 0 spiro atoms. The fourth-order valence-electron chi connectivity index (χ4n) is 2.07. The van der Waals surface area contributed by atoms with Gasteiger partial charge in [-0.05, 0) is 49.7 Å². The molecule has 2 aromatic rings. The van der Waals surface area contributed by atoms with E-state index in [1.165, 1.54) is 0 Å². The van der Waals surface area contributed by atoms with Crippen LogP contribution in [0.4, 0.5) is 0 Å². The highest BCUT2D eigenvalue weighted by Gasteiger charge is 2.23. The number of carbonyl (C=O) groups is 1. The molecule has 0 aliphatic rings. The second-order valence-corrected chi connectivity index (χ2v) is 6.25. The first-order valence-corrected chi connectivity index (χ1v) is 7.51. The van der Waals surface area contributed by atoms with Crippen LogP contribution >= 0.6 is 23.2 Å². The minimum atomic E-state index is -0.532. The quantitative estimate of drug-likeness (QED) is 0.880. The molecule has 0 radical (unpaired) electrons. The Kier molecular flexibility index (Phi) is 4.99. The van der Waals surface area contributed by atoms with E-state index >= 15 is 0 Å². The second kappa shape index (κ2) is 6.59. The summed E-state index contributed by atoms with van der Waals surface area (Å²) >= 11 is 11.8. The third-order valence-electron chi connectivity index (χ3n) is 3.42. The molecule has 5 heteroatoms. The number of methoxy groups -OCH3 is 1. The van der Waals surface area contributed by atoms with Crippen molar-refractivity contribution in [3.8, 4) is 5.75 Å². The van der Waals surface area contributed by atoms with E-state index in [4.69, 9.17) is 27.9 Å². The van der Waals surface area contributed by atoms with Crippen molar-refractivity contribution in [2.45, 2.75) is 19.4 Å². The molecule has 22 heavy (non-hydrogen) atoms. The molecule has 0 aliphatic carbocycles. The van der Waals surface area contributed by atoms with Gasteiger partial charge in [0.05, 0.1) is 22.7 Å². The molecule has 2 rings (SSSR count). The largest absolute Gasteiger partial charge is 0.497 e. The minimum absolute atomic E-state index is 0.209. The normalized spacial score (nSPS) is 11.1. The van der Waals surface area contributed by atoms with Crippen LogP contribution in [0.5, 0.6) is 5.75 Å². The smallest absolute Gasteiger partial charge is 0.252 e. The number of hydrogen-bond donors (Lipinski definition) is 1. The molecule has 1 N–H and O–H groups in total. The average Bonchev–Trinajstić information content (AvgIpc) is 2.49. The van der Waals surface area contributed by atoms with Crippen LogP contribution < -0.4 is 10.1 Å². The van der Waals surface area contributed by atoms with Crippen molar-refractivity contribution in [2.75, 3.05) is 7.11 Å². The molecule has 0 saturated carbocycles. The summed E-state index contributed by atoms with van der Waals surface area (Å²) in [6, 6.07) is 12.4. The number of benzene rings is 2. The maximum Gasteiger partial charge on any atom is 0.252 e. The summed E-state index contributed by atoms with van der Waals surface area (Å²) in [5.74, 6) is 0.565. The molecule has 0 heterocycles. The molecular formula is C17H17Cl2NO2. The van der Waals surface area contributed by atoms with Crippen LogP contribution in [0.2, 0.25) is 10.0 Å². The Morgan fingerprint density at radius 2 is 1.68 bits per heavy atom. The second-order valence-electron chi connectivity index (χ2n) is 5.44. The SMILES string of the molecule is COc1ccc(C(C)(C)NC(=O)c2ccc(Cl)c(Cl)c2)cc1. The zero-order valence-electron chi connectivity index (χ0n) is 12.6. The summed E-state index contributed by atoms with van der Waals surface area (Å²) in [4.78, 5) is 12.4. The van der Waals surface area contributed by atoms with E-state index < -0.39 is 5.54 Å². The molecule has 0 bridgehead atoms. The van der Waals surface area contributed by atoms with Crippen molar-refractivity contribution in [1.82, 2.24) is 5.32 Å². The Hall–Kier alpha value is -1.71. The van der Waals surface area contributed by atoms with E-state index in [2.05, 4.69) is 5.32 Å². The molecule has 0 saturated heterocycles.